The van der Waals surface area contributed by atoms with Gasteiger partial charge in [-0.3, -0.25) is 14.4 Å². The van der Waals surface area contributed by atoms with Crippen molar-refractivity contribution in [3.8, 4) is 5.75 Å². The fourth-order valence-corrected chi connectivity index (χ4v) is 4.95. The maximum absolute atomic E-state index is 13.0. The van der Waals surface area contributed by atoms with Crippen molar-refractivity contribution < 1.29 is 19.1 Å². The summed E-state index contributed by atoms with van der Waals surface area (Å²) in [7, 11) is 1.58. The summed E-state index contributed by atoms with van der Waals surface area (Å²) < 4.78 is 5.11. The molecule has 6 heteroatoms. The van der Waals surface area contributed by atoms with Gasteiger partial charge >= 0.3 is 0 Å². The molecule has 2 aromatic rings. The predicted molar refractivity (Wildman–Crippen MR) is 117 cm³/mol. The minimum atomic E-state index is -0.277. The number of benzene rings is 2. The molecule has 156 valence electrons. The van der Waals surface area contributed by atoms with E-state index in [0.717, 1.165) is 12.0 Å². The van der Waals surface area contributed by atoms with Gasteiger partial charge in [0.25, 0.3) is 0 Å². The Balaban J connectivity index is 1.30. The van der Waals surface area contributed by atoms with E-state index in [2.05, 4.69) is 17.5 Å². The van der Waals surface area contributed by atoms with Crippen molar-refractivity contribution in [1.82, 2.24) is 0 Å². The summed E-state index contributed by atoms with van der Waals surface area (Å²) >= 11 is 0. The van der Waals surface area contributed by atoms with Gasteiger partial charge in [-0.25, -0.2) is 4.90 Å². The van der Waals surface area contributed by atoms with Gasteiger partial charge in [0, 0.05) is 11.8 Å². The highest BCUT2D eigenvalue weighted by Crippen LogP contribution is 2.53. The first kappa shape index (κ1) is 19.3. The van der Waals surface area contributed by atoms with Crippen molar-refractivity contribution in [2.24, 2.45) is 23.7 Å². The number of ether oxygens (including phenoxy) is 1. The fourth-order valence-electron chi connectivity index (χ4n) is 4.95. The molecule has 1 saturated heterocycles. The lowest BCUT2D eigenvalue weighted by molar-refractivity contribution is -0.123. The van der Waals surface area contributed by atoms with Gasteiger partial charge < -0.3 is 10.1 Å². The molecule has 0 radical (unpaired) electrons. The first-order chi connectivity index (χ1) is 15.0. The minimum absolute atomic E-state index is 0.106. The van der Waals surface area contributed by atoms with Crippen LogP contribution in [0, 0.1) is 23.7 Å². The van der Waals surface area contributed by atoms with Crippen LogP contribution in [0.2, 0.25) is 0 Å². The molecule has 6 nitrogen and oxygen atoms in total. The third-order valence-corrected chi connectivity index (χ3v) is 6.38. The maximum Gasteiger partial charge on any atom is 0.248 e. The number of anilines is 2. The van der Waals surface area contributed by atoms with Gasteiger partial charge in [0.15, 0.2) is 0 Å². The van der Waals surface area contributed by atoms with E-state index in [1.54, 1.807) is 55.7 Å². The van der Waals surface area contributed by atoms with Crippen LogP contribution in [0.15, 0.2) is 66.8 Å². The highest BCUT2D eigenvalue weighted by atomic mass is 16.5. The van der Waals surface area contributed by atoms with E-state index in [9.17, 15) is 14.4 Å². The number of hydrogen-bond donors (Lipinski definition) is 1. The Kier molecular flexibility index (Phi) is 4.70. The summed E-state index contributed by atoms with van der Waals surface area (Å²) in [6, 6.07) is 14.2. The molecule has 1 heterocycles. The normalized spacial score (nSPS) is 26.0. The average molecular weight is 414 g/mol. The second-order valence-electron chi connectivity index (χ2n) is 8.16. The quantitative estimate of drug-likeness (QED) is 0.460. The standard InChI is InChI=1S/C25H22N2O4/c1-31-20-10-8-18(9-11-20)26-21(28)12-5-15-3-2-4-19(13-15)27-24(29)22-16-6-7-17(14-16)23(22)25(27)30/h2-13,16-17,22-23H,14H2,1H3,(H,26,28)/b12-5+/t16-,17-,22-,23-/m0/s1. The molecule has 0 unspecified atom stereocenters. The second-order valence-corrected chi connectivity index (χ2v) is 8.16. The highest BCUT2D eigenvalue weighted by Gasteiger charge is 2.59. The zero-order valence-corrected chi connectivity index (χ0v) is 17.0. The van der Waals surface area contributed by atoms with Gasteiger partial charge in [-0.2, -0.15) is 0 Å². The largest absolute Gasteiger partial charge is 0.497 e. The molecular formula is C25H22N2O4. The summed E-state index contributed by atoms with van der Waals surface area (Å²) in [5.41, 5.74) is 1.95. The SMILES string of the molecule is COc1ccc(NC(=O)/C=C/c2cccc(N3C(=O)[C@@H]4[C@@H](C3=O)[C@H]3C=C[C@H]4C3)c2)cc1. The van der Waals surface area contributed by atoms with Gasteiger partial charge in [-0.05, 0) is 66.3 Å². The fraction of sp³-hybridized carbons (Fsp3) is 0.240. The van der Waals surface area contributed by atoms with E-state index in [1.165, 1.54) is 11.0 Å². The average Bonchev–Trinajstić information content (AvgIpc) is 3.47. The van der Waals surface area contributed by atoms with E-state index in [4.69, 9.17) is 4.74 Å². The molecule has 0 spiro atoms. The number of amides is 3. The molecule has 2 bridgehead atoms. The van der Waals surface area contributed by atoms with E-state index >= 15 is 0 Å². The van der Waals surface area contributed by atoms with Crippen LogP contribution in [0.5, 0.6) is 5.75 Å². The summed E-state index contributed by atoms with van der Waals surface area (Å²) in [6.07, 6.45) is 8.17. The van der Waals surface area contributed by atoms with Crippen LogP contribution in [0.3, 0.4) is 0 Å². The van der Waals surface area contributed by atoms with Gasteiger partial charge in [0.1, 0.15) is 5.75 Å². The Hall–Kier alpha value is -3.67. The number of carbonyl (C=O) groups is 3. The molecule has 0 aromatic heterocycles. The van der Waals surface area contributed by atoms with Gasteiger partial charge in [-0.1, -0.05) is 24.3 Å². The number of nitrogens with one attached hydrogen (secondary N) is 1. The van der Waals surface area contributed by atoms with E-state index < -0.39 is 0 Å². The predicted octanol–water partition coefficient (Wildman–Crippen LogP) is 3.66. The van der Waals surface area contributed by atoms with Gasteiger partial charge in [0.05, 0.1) is 24.6 Å². The van der Waals surface area contributed by atoms with Crippen LogP contribution >= 0.6 is 0 Å². The molecule has 2 aliphatic carbocycles. The van der Waals surface area contributed by atoms with Crippen molar-refractivity contribution in [2.75, 3.05) is 17.3 Å². The Morgan fingerprint density at radius 3 is 2.35 bits per heavy atom. The maximum atomic E-state index is 13.0. The zero-order chi connectivity index (χ0) is 21.5. The first-order valence-electron chi connectivity index (χ1n) is 10.3. The lowest BCUT2D eigenvalue weighted by Crippen LogP contribution is -2.32. The summed E-state index contributed by atoms with van der Waals surface area (Å²) in [5.74, 6) is 0.136. The van der Waals surface area contributed by atoms with Gasteiger partial charge in [0.2, 0.25) is 17.7 Å². The van der Waals surface area contributed by atoms with Crippen molar-refractivity contribution in [3.05, 3.63) is 72.3 Å². The van der Waals surface area contributed by atoms with Crippen LogP contribution in [0.1, 0.15) is 12.0 Å². The Bertz CT molecular complexity index is 1090. The van der Waals surface area contributed by atoms with E-state index in [-0.39, 0.29) is 41.4 Å². The number of nitrogens with zero attached hydrogens (tertiary/aromatic N) is 1. The molecule has 1 N–H and O–H groups in total. The molecule has 31 heavy (non-hydrogen) atoms. The summed E-state index contributed by atoms with van der Waals surface area (Å²) in [5, 5.41) is 2.78. The van der Waals surface area contributed by atoms with E-state index in [1.807, 2.05) is 6.07 Å². The number of carbonyl (C=O) groups excluding carboxylic acids is 3. The zero-order valence-electron chi connectivity index (χ0n) is 17.0. The van der Waals surface area contributed by atoms with E-state index in [0.29, 0.717) is 17.1 Å². The van der Waals surface area contributed by atoms with Crippen LogP contribution in [-0.4, -0.2) is 24.8 Å². The summed E-state index contributed by atoms with van der Waals surface area (Å²) in [6.45, 7) is 0. The van der Waals surface area contributed by atoms with Crippen LogP contribution < -0.4 is 15.0 Å². The lowest BCUT2D eigenvalue weighted by Gasteiger charge is -2.17. The smallest absolute Gasteiger partial charge is 0.248 e. The topological polar surface area (TPSA) is 75.7 Å². The van der Waals surface area contributed by atoms with Crippen LogP contribution in [0.25, 0.3) is 6.08 Å². The van der Waals surface area contributed by atoms with Crippen LogP contribution in [0.4, 0.5) is 11.4 Å². The number of fused-ring (bicyclic) bond motifs is 5. The number of allylic oxidation sites excluding steroid dienone is 2. The van der Waals surface area contributed by atoms with Crippen molar-refractivity contribution in [3.63, 3.8) is 0 Å². The summed E-state index contributed by atoms with van der Waals surface area (Å²) in [4.78, 5) is 39.6. The third kappa shape index (κ3) is 3.34. The Morgan fingerprint density at radius 1 is 1.03 bits per heavy atom. The molecule has 4 atom stereocenters. The van der Waals surface area contributed by atoms with Crippen molar-refractivity contribution in [1.29, 1.82) is 0 Å². The third-order valence-electron chi connectivity index (χ3n) is 6.38. The number of methoxy groups -OCH3 is 1. The van der Waals surface area contributed by atoms with Crippen LogP contribution in [-0.2, 0) is 14.4 Å². The Labute approximate surface area is 180 Å². The first-order valence-corrected chi connectivity index (χ1v) is 10.3. The molecule has 2 fully saturated rings. The Morgan fingerprint density at radius 2 is 1.71 bits per heavy atom. The molecule has 2 aromatic carbocycles. The number of hydrogen-bond acceptors (Lipinski definition) is 4. The number of imide groups is 1. The molecule has 1 aliphatic heterocycles. The van der Waals surface area contributed by atoms with Crippen molar-refractivity contribution >= 4 is 35.2 Å². The number of rotatable bonds is 5. The molecule has 3 amide bonds. The molecule has 5 rings (SSSR count). The molecule has 3 aliphatic rings. The molecular weight excluding hydrogens is 392 g/mol. The van der Waals surface area contributed by atoms with Crippen molar-refractivity contribution in [2.45, 2.75) is 6.42 Å². The monoisotopic (exact) mass is 414 g/mol. The minimum Gasteiger partial charge on any atom is -0.497 e. The lowest BCUT2D eigenvalue weighted by atomic mass is 9.85. The van der Waals surface area contributed by atoms with Gasteiger partial charge in [-0.15, -0.1) is 0 Å². The highest BCUT2D eigenvalue weighted by molar-refractivity contribution is 6.22. The molecule has 1 saturated carbocycles. The second kappa shape index (κ2) is 7.54.